The Morgan fingerprint density at radius 1 is 1.23 bits per heavy atom. The lowest BCUT2D eigenvalue weighted by atomic mass is 10.1. The maximum atomic E-state index is 11.7. The van der Waals surface area contributed by atoms with E-state index in [0.29, 0.717) is 5.16 Å². The summed E-state index contributed by atoms with van der Waals surface area (Å²) in [7, 11) is 1.72. The molecule has 1 aromatic heterocycles. The lowest BCUT2D eigenvalue weighted by Crippen LogP contribution is -2.25. The molecule has 132 valence electrons. The van der Waals surface area contributed by atoms with E-state index in [9.17, 15) is 4.79 Å². The molecular weight excluding hydrogens is 350 g/mol. The molecule has 0 aliphatic rings. The van der Waals surface area contributed by atoms with Gasteiger partial charge in [0.15, 0.2) is 0 Å². The minimum Gasteiger partial charge on any atom is -0.480 e. The summed E-state index contributed by atoms with van der Waals surface area (Å²) in [4.78, 5) is 11.7. The van der Waals surface area contributed by atoms with E-state index >= 15 is 0 Å². The molecule has 0 spiro atoms. The monoisotopic (exact) mass is 367 g/mol. The van der Waals surface area contributed by atoms with Gasteiger partial charge in [-0.05, 0) is 21.9 Å². The van der Waals surface area contributed by atoms with Crippen molar-refractivity contribution in [3.8, 4) is 17.6 Å². The summed E-state index contributed by atoms with van der Waals surface area (Å²) >= 11 is 1.27. The number of aromatic nitrogens is 4. The zero-order valence-electron chi connectivity index (χ0n) is 14.2. The topological polar surface area (TPSA) is 81.9 Å². The Labute approximate surface area is 155 Å². The zero-order chi connectivity index (χ0) is 18.2. The standard InChI is InChI=1S/C18H17N5O2S/c1-23-18(20-21-22-23)26-13-17(24)19-11-4-5-12-25-16-10-6-8-14-7-2-3-9-15(14)16/h2-3,6-10H,11-13H2,1H3,(H,19,24). The van der Waals surface area contributed by atoms with Crippen molar-refractivity contribution in [1.82, 2.24) is 25.5 Å². The normalized spacial score (nSPS) is 10.2. The number of nitrogens with zero attached hydrogens (tertiary/aromatic N) is 4. The van der Waals surface area contributed by atoms with Crippen LogP contribution in [-0.4, -0.2) is 45.0 Å². The summed E-state index contributed by atoms with van der Waals surface area (Å²) in [5, 5.41) is 16.5. The molecule has 7 nitrogen and oxygen atoms in total. The molecule has 1 N–H and O–H groups in total. The third-order valence-corrected chi connectivity index (χ3v) is 4.47. The molecule has 0 radical (unpaired) electrons. The highest BCUT2D eigenvalue weighted by molar-refractivity contribution is 7.99. The van der Waals surface area contributed by atoms with Crippen LogP contribution in [0, 0.1) is 11.8 Å². The molecule has 0 saturated heterocycles. The van der Waals surface area contributed by atoms with E-state index in [1.165, 1.54) is 16.4 Å². The van der Waals surface area contributed by atoms with Crippen molar-refractivity contribution in [2.24, 2.45) is 7.05 Å². The van der Waals surface area contributed by atoms with Gasteiger partial charge < -0.3 is 10.1 Å². The van der Waals surface area contributed by atoms with E-state index in [4.69, 9.17) is 4.74 Å². The first-order valence-corrected chi connectivity index (χ1v) is 8.91. The third kappa shape index (κ3) is 4.74. The fraction of sp³-hybridized carbons (Fsp3) is 0.222. The molecule has 2 aromatic carbocycles. The van der Waals surface area contributed by atoms with E-state index in [-0.39, 0.29) is 24.8 Å². The highest BCUT2D eigenvalue weighted by atomic mass is 32.2. The van der Waals surface area contributed by atoms with Crippen LogP contribution in [-0.2, 0) is 11.8 Å². The first-order valence-electron chi connectivity index (χ1n) is 7.92. The maximum Gasteiger partial charge on any atom is 0.231 e. The summed E-state index contributed by atoms with van der Waals surface area (Å²) in [6.07, 6.45) is 0. The van der Waals surface area contributed by atoms with Crippen LogP contribution in [0.25, 0.3) is 10.8 Å². The number of hydrogen-bond acceptors (Lipinski definition) is 6. The number of nitrogens with one attached hydrogen (secondary N) is 1. The number of ether oxygens (including phenoxy) is 1. The number of hydrogen-bond donors (Lipinski definition) is 1. The van der Waals surface area contributed by atoms with E-state index in [1.807, 2.05) is 42.5 Å². The van der Waals surface area contributed by atoms with Gasteiger partial charge in [-0.15, -0.1) is 5.10 Å². The predicted octanol–water partition coefficient (Wildman–Crippen LogP) is 1.65. The Morgan fingerprint density at radius 3 is 2.92 bits per heavy atom. The number of benzene rings is 2. The Hall–Kier alpha value is -3.05. The molecule has 26 heavy (non-hydrogen) atoms. The van der Waals surface area contributed by atoms with Crippen molar-refractivity contribution < 1.29 is 9.53 Å². The second-order valence-electron chi connectivity index (χ2n) is 5.27. The number of rotatable bonds is 6. The van der Waals surface area contributed by atoms with Gasteiger partial charge in [-0.25, -0.2) is 4.68 Å². The molecule has 0 aliphatic carbocycles. The molecule has 0 fully saturated rings. The fourth-order valence-corrected chi connectivity index (χ4v) is 2.90. The largest absolute Gasteiger partial charge is 0.480 e. The predicted molar refractivity (Wildman–Crippen MR) is 99.8 cm³/mol. The van der Waals surface area contributed by atoms with Crippen molar-refractivity contribution in [3.05, 3.63) is 42.5 Å². The van der Waals surface area contributed by atoms with Crippen LogP contribution in [0.5, 0.6) is 5.75 Å². The molecule has 0 bridgehead atoms. The molecule has 0 unspecified atom stereocenters. The fourth-order valence-electron chi connectivity index (χ4n) is 2.22. The van der Waals surface area contributed by atoms with Gasteiger partial charge in [0, 0.05) is 12.4 Å². The second-order valence-corrected chi connectivity index (χ2v) is 6.21. The van der Waals surface area contributed by atoms with Crippen molar-refractivity contribution in [1.29, 1.82) is 0 Å². The smallest absolute Gasteiger partial charge is 0.231 e. The Balaban J connectivity index is 1.40. The molecule has 0 saturated carbocycles. The van der Waals surface area contributed by atoms with Gasteiger partial charge >= 0.3 is 0 Å². The molecular formula is C18H17N5O2S. The minimum atomic E-state index is -0.123. The SMILES string of the molecule is Cn1nnnc1SCC(=O)NCC#CCOc1cccc2ccccc12. The Kier molecular flexibility index (Phi) is 6.06. The quantitative estimate of drug-likeness (QED) is 0.527. The van der Waals surface area contributed by atoms with E-state index in [0.717, 1.165) is 16.5 Å². The number of carbonyl (C=O) groups is 1. The van der Waals surface area contributed by atoms with Crippen LogP contribution in [0.4, 0.5) is 0 Å². The second kappa shape index (κ2) is 8.87. The van der Waals surface area contributed by atoms with E-state index < -0.39 is 0 Å². The van der Waals surface area contributed by atoms with Gasteiger partial charge in [0.1, 0.15) is 12.4 Å². The third-order valence-electron chi connectivity index (χ3n) is 3.46. The van der Waals surface area contributed by atoms with Crippen LogP contribution < -0.4 is 10.1 Å². The average Bonchev–Trinajstić information content (AvgIpc) is 3.08. The Morgan fingerprint density at radius 2 is 2.08 bits per heavy atom. The molecule has 1 amide bonds. The number of thioether (sulfide) groups is 1. The lowest BCUT2D eigenvalue weighted by molar-refractivity contribution is -0.118. The average molecular weight is 367 g/mol. The zero-order valence-corrected chi connectivity index (χ0v) is 15.0. The Bertz CT molecular complexity index is 955. The number of tetrazole rings is 1. The van der Waals surface area contributed by atoms with Crippen LogP contribution >= 0.6 is 11.8 Å². The summed E-state index contributed by atoms with van der Waals surface area (Å²) in [5.74, 6) is 6.70. The minimum absolute atomic E-state index is 0.123. The van der Waals surface area contributed by atoms with Crippen molar-refractivity contribution in [2.75, 3.05) is 18.9 Å². The van der Waals surface area contributed by atoms with Crippen LogP contribution in [0.1, 0.15) is 0 Å². The van der Waals surface area contributed by atoms with Gasteiger partial charge in [-0.2, -0.15) is 0 Å². The van der Waals surface area contributed by atoms with Gasteiger partial charge in [-0.1, -0.05) is 60.0 Å². The van der Waals surface area contributed by atoms with Gasteiger partial charge in [-0.3, -0.25) is 4.79 Å². The van der Waals surface area contributed by atoms with Gasteiger partial charge in [0.2, 0.25) is 11.1 Å². The first kappa shape index (κ1) is 17.8. The molecule has 3 aromatic rings. The number of fused-ring (bicyclic) bond motifs is 1. The maximum absolute atomic E-state index is 11.7. The number of aryl methyl sites for hydroxylation is 1. The van der Waals surface area contributed by atoms with E-state index in [2.05, 4.69) is 32.7 Å². The number of carbonyl (C=O) groups excluding carboxylic acids is 1. The number of amides is 1. The highest BCUT2D eigenvalue weighted by Gasteiger charge is 2.06. The summed E-state index contributed by atoms with van der Waals surface area (Å²) in [5.41, 5.74) is 0. The highest BCUT2D eigenvalue weighted by Crippen LogP contribution is 2.24. The van der Waals surface area contributed by atoms with E-state index in [1.54, 1.807) is 7.05 Å². The van der Waals surface area contributed by atoms with Crippen LogP contribution in [0.3, 0.4) is 0 Å². The van der Waals surface area contributed by atoms with Crippen LogP contribution in [0.2, 0.25) is 0 Å². The molecule has 1 heterocycles. The van der Waals surface area contributed by atoms with Gasteiger partial charge in [0.05, 0.1) is 12.3 Å². The summed E-state index contributed by atoms with van der Waals surface area (Å²) < 4.78 is 7.24. The molecule has 8 heteroatoms. The van der Waals surface area contributed by atoms with Crippen molar-refractivity contribution in [2.45, 2.75) is 5.16 Å². The molecule has 3 rings (SSSR count). The van der Waals surface area contributed by atoms with Crippen molar-refractivity contribution in [3.63, 3.8) is 0 Å². The molecule has 0 atom stereocenters. The van der Waals surface area contributed by atoms with Crippen LogP contribution in [0.15, 0.2) is 47.6 Å². The molecule has 0 aliphatic heterocycles. The van der Waals surface area contributed by atoms with Gasteiger partial charge in [0.25, 0.3) is 0 Å². The lowest BCUT2D eigenvalue weighted by Gasteiger charge is -2.06. The first-order chi connectivity index (χ1) is 12.7. The van der Waals surface area contributed by atoms with Crippen molar-refractivity contribution >= 4 is 28.4 Å². The summed E-state index contributed by atoms with van der Waals surface area (Å²) in [6.45, 7) is 0.540. The summed E-state index contributed by atoms with van der Waals surface area (Å²) in [6, 6.07) is 13.9.